The monoisotopic (exact) mass is 525 g/mol. The molecular formula is C31H28F5NO. The quantitative estimate of drug-likeness (QED) is 0.328. The Bertz CT molecular complexity index is 1370. The van der Waals surface area contributed by atoms with E-state index in [2.05, 4.69) is 0 Å². The molecule has 2 aliphatic carbocycles. The van der Waals surface area contributed by atoms with E-state index < -0.39 is 22.8 Å². The highest BCUT2D eigenvalue weighted by molar-refractivity contribution is 5.84. The van der Waals surface area contributed by atoms with Gasteiger partial charge in [0.15, 0.2) is 0 Å². The topological polar surface area (TPSA) is 20.3 Å². The van der Waals surface area contributed by atoms with Crippen LogP contribution >= 0.6 is 0 Å². The van der Waals surface area contributed by atoms with Gasteiger partial charge in [0.25, 0.3) is 0 Å². The van der Waals surface area contributed by atoms with Gasteiger partial charge in [-0.25, -0.2) is 8.78 Å². The summed E-state index contributed by atoms with van der Waals surface area (Å²) in [5.74, 6) is -0.219. The molecule has 1 saturated carbocycles. The second-order valence-electron chi connectivity index (χ2n) is 11.2. The number of fused-ring (bicyclic) bond motifs is 3. The first kappa shape index (κ1) is 25.1. The molecule has 1 saturated heterocycles. The molecule has 0 spiro atoms. The average Bonchev–Trinajstić information content (AvgIpc) is 3.53. The van der Waals surface area contributed by atoms with Crippen LogP contribution in [-0.2, 0) is 28.7 Å². The predicted molar refractivity (Wildman–Crippen MR) is 134 cm³/mol. The van der Waals surface area contributed by atoms with Crippen LogP contribution in [0.1, 0.15) is 53.5 Å². The van der Waals surface area contributed by atoms with Crippen LogP contribution in [0.15, 0.2) is 72.8 Å². The van der Waals surface area contributed by atoms with Crippen molar-refractivity contribution in [3.63, 3.8) is 0 Å². The molecule has 3 aromatic carbocycles. The van der Waals surface area contributed by atoms with Crippen LogP contribution in [0.5, 0.6) is 0 Å². The molecule has 0 bridgehead atoms. The SMILES string of the molecule is CC(F)(c1ccc2c(c1)CC1N(C(=O)C3CC3c3ccccc3)CCC21Cc1ccc(F)cc1)C(F)(F)F. The first-order valence-electron chi connectivity index (χ1n) is 13.0. The number of amides is 1. The summed E-state index contributed by atoms with van der Waals surface area (Å²) in [7, 11) is 0. The summed E-state index contributed by atoms with van der Waals surface area (Å²) in [5.41, 5.74) is -0.891. The summed E-state index contributed by atoms with van der Waals surface area (Å²) in [6.45, 7) is 1.10. The molecule has 198 valence electrons. The largest absolute Gasteiger partial charge is 0.426 e. The van der Waals surface area contributed by atoms with Crippen molar-refractivity contribution in [3.8, 4) is 0 Å². The number of likely N-dealkylation sites (tertiary alicyclic amines) is 1. The van der Waals surface area contributed by atoms with E-state index in [4.69, 9.17) is 0 Å². The number of hydrogen-bond acceptors (Lipinski definition) is 1. The zero-order chi connectivity index (χ0) is 26.9. The highest BCUT2D eigenvalue weighted by Gasteiger charge is 2.58. The van der Waals surface area contributed by atoms with E-state index in [1.54, 1.807) is 18.2 Å². The Morgan fingerprint density at radius 3 is 2.39 bits per heavy atom. The number of carbonyl (C=O) groups excluding carboxylic acids is 1. The molecule has 7 heteroatoms. The Balaban J connectivity index is 1.35. The van der Waals surface area contributed by atoms with Crippen LogP contribution in [0, 0.1) is 11.7 Å². The normalized spacial score (nSPS) is 27.5. The molecule has 3 aliphatic rings. The predicted octanol–water partition coefficient (Wildman–Crippen LogP) is 7.01. The maximum Gasteiger partial charge on any atom is 0.426 e. The van der Waals surface area contributed by atoms with Crippen LogP contribution in [0.2, 0.25) is 0 Å². The Hall–Kier alpha value is -3.22. The van der Waals surface area contributed by atoms with Gasteiger partial charge in [0.05, 0.1) is 0 Å². The van der Waals surface area contributed by atoms with Crippen LogP contribution < -0.4 is 0 Å². The van der Waals surface area contributed by atoms with Crippen LogP contribution in [0.3, 0.4) is 0 Å². The third kappa shape index (κ3) is 3.93. The molecule has 1 heterocycles. The van der Waals surface area contributed by atoms with E-state index in [1.165, 1.54) is 24.3 Å². The van der Waals surface area contributed by atoms with Crippen molar-refractivity contribution in [1.29, 1.82) is 0 Å². The van der Waals surface area contributed by atoms with Gasteiger partial charge in [0, 0.05) is 23.9 Å². The minimum atomic E-state index is -5.04. The molecule has 3 aromatic rings. The molecule has 5 atom stereocenters. The second kappa shape index (κ2) is 8.65. The number of rotatable bonds is 5. The minimum Gasteiger partial charge on any atom is -0.338 e. The fourth-order valence-corrected chi connectivity index (χ4v) is 6.75. The summed E-state index contributed by atoms with van der Waals surface area (Å²) >= 11 is 0. The molecule has 1 aliphatic heterocycles. The van der Waals surface area contributed by atoms with Crippen molar-refractivity contribution in [2.45, 2.75) is 61.8 Å². The van der Waals surface area contributed by atoms with Crippen molar-refractivity contribution in [2.75, 3.05) is 6.54 Å². The minimum absolute atomic E-state index is 0.0727. The molecule has 0 aromatic heterocycles. The summed E-state index contributed by atoms with van der Waals surface area (Å²) < 4.78 is 68.9. The fourth-order valence-electron chi connectivity index (χ4n) is 6.75. The molecule has 0 radical (unpaired) electrons. The molecule has 6 rings (SSSR count). The van der Waals surface area contributed by atoms with Crippen LogP contribution in [0.25, 0.3) is 0 Å². The number of nitrogens with zero attached hydrogens (tertiary/aromatic N) is 1. The van der Waals surface area contributed by atoms with Gasteiger partial charge in [-0.1, -0.05) is 60.7 Å². The standard InChI is InChI=1S/C31H28F5NO/c1-29(33,31(34,35)36)22-9-12-26-21(15-22)16-27-30(26,18-19-7-10-23(32)11-8-19)13-14-37(27)28(38)25-17-24(25)20-5-3-2-4-6-20/h2-12,15,24-25,27H,13-14,16-18H2,1H3. The Kier molecular flexibility index (Phi) is 5.71. The van der Waals surface area contributed by atoms with E-state index in [9.17, 15) is 26.7 Å². The van der Waals surface area contributed by atoms with Crippen LogP contribution in [0.4, 0.5) is 22.0 Å². The zero-order valence-electron chi connectivity index (χ0n) is 20.9. The van der Waals surface area contributed by atoms with Crippen molar-refractivity contribution < 1.29 is 26.7 Å². The van der Waals surface area contributed by atoms with Gasteiger partial charge in [0.2, 0.25) is 11.6 Å². The highest BCUT2D eigenvalue weighted by Crippen LogP contribution is 2.55. The fraction of sp³-hybridized carbons (Fsp3) is 0.387. The molecule has 2 nitrogen and oxygen atoms in total. The molecular weight excluding hydrogens is 497 g/mol. The van der Waals surface area contributed by atoms with E-state index in [0.717, 1.165) is 23.1 Å². The smallest absolute Gasteiger partial charge is 0.338 e. The van der Waals surface area contributed by atoms with Gasteiger partial charge in [-0.2, -0.15) is 13.2 Å². The van der Waals surface area contributed by atoms with Gasteiger partial charge in [-0.15, -0.1) is 0 Å². The van der Waals surface area contributed by atoms with E-state index in [0.29, 0.717) is 38.3 Å². The molecule has 38 heavy (non-hydrogen) atoms. The number of carbonyl (C=O) groups is 1. The highest BCUT2D eigenvalue weighted by atomic mass is 19.4. The lowest BCUT2D eigenvalue weighted by atomic mass is 9.73. The average molecular weight is 526 g/mol. The Morgan fingerprint density at radius 2 is 1.71 bits per heavy atom. The molecule has 5 unspecified atom stereocenters. The lowest BCUT2D eigenvalue weighted by molar-refractivity contribution is -0.228. The molecule has 2 fully saturated rings. The van der Waals surface area contributed by atoms with Crippen molar-refractivity contribution in [2.24, 2.45) is 5.92 Å². The first-order valence-corrected chi connectivity index (χ1v) is 13.0. The van der Waals surface area contributed by atoms with Gasteiger partial charge in [-0.3, -0.25) is 4.79 Å². The summed E-state index contributed by atoms with van der Waals surface area (Å²) in [4.78, 5) is 15.7. The Labute approximate surface area is 218 Å². The molecule has 1 amide bonds. The van der Waals surface area contributed by atoms with Gasteiger partial charge >= 0.3 is 6.18 Å². The maximum absolute atomic E-state index is 14.9. The number of benzene rings is 3. The summed E-state index contributed by atoms with van der Waals surface area (Å²) in [5, 5.41) is 0. The van der Waals surface area contributed by atoms with E-state index >= 15 is 0 Å². The third-order valence-corrected chi connectivity index (χ3v) is 8.99. The summed E-state index contributed by atoms with van der Waals surface area (Å²) in [6.07, 6.45) is -2.73. The van der Waals surface area contributed by atoms with Gasteiger partial charge in [-0.05, 0) is 78.5 Å². The summed E-state index contributed by atoms with van der Waals surface area (Å²) in [6, 6.07) is 20.1. The number of halogens is 5. The third-order valence-electron chi connectivity index (χ3n) is 8.99. The van der Waals surface area contributed by atoms with E-state index in [-0.39, 0.29) is 29.6 Å². The number of alkyl halides is 4. The van der Waals surface area contributed by atoms with Crippen molar-refractivity contribution >= 4 is 5.91 Å². The van der Waals surface area contributed by atoms with Crippen LogP contribution in [-0.4, -0.2) is 29.6 Å². The lowest BCUT2D eigenvalue weighted by Gasteiger charge is -2.34. The number of hydrogen-bond donors (Lipinski definition) is 0. The first-order chi connectivity index (χ1) is 18.0. The maximum atomic E-state index is 14.9. The van der Waals surface area contributed by atoms with Gasteiger partial charge in [0.1, 0.15) is 5.82 Å². The van der Waals surface area contributed by atoms with Gasteiger partial charge < -0.3 is 4.90 Å². The lowest BCUT2D eigenvalue weighted by Crippen LogP contribution is -2.44. The van der Waals surface area contributed by atoms with Crippen molar-refractivity contribution in [3.05, 3.63) is 106 Å². The second-order valence-corrected chi connectivity index (χ2v) is 11.2. The molecule has 0 N–H and O–H groups in total. The zero-order valence-corrected chi connectivity index (χ0v) is 20.9. The Morgan fingerprint density at radius 1 is 1.00 bits per heavy atom. The van der Waals surface area contributed by atoms with Crippen molar-refractivity contribution in [1.82, 2.24) is 4.90 Å². The van der Waals surface area contributed by atoms with E-state index in [1.807, 2.05) is 35.2 Å².